The van der Waals surface area contributed by atoms with Gasteiger partial charge in [-0.3, -0.25) is 4.98 Å². The Morgan fingerprint density at radius 2 is 1.86 bits per heavy atom. The Morgan fingerprint density at radius 1 is 1.05 bits per heavy atom. The van der Waals surface area contributed by atoms with E-state index in [4.69, 9.17) is 4.74 Å². The number of pyridine rings is 1. The van der Waals surface area contributed by atoms with Crippen LogP contribution in [-0.2, 0) is 4.74 Å². The van der Waals surface area contributed by atoms with Crippen LogP contribution >= 0.6 is 0 Å². The molecule has 5 nitrogen and oxygen atoms in total. The third-order valence-electron chi connectivity index (χ3n) is 11.0. The number of rotatable bonds is 2. The van der Waals surface area contributed by atoms with Gasteiger partial charge in [0.15, 0.2) is 0 Å². The van der Waals surface area contributed by atoms with Gasteiger partial charge in [-0.05, 0) is 85.0 Å². The van der Waals surface area contributed by atoms with E-state index in [2.05, 4.69) is 68.2 Å². The molecule has 3 heterocycles. The van der Waals surface area contributed by atoms with E-state index >= 15 is 0 Å². The van der Waals surface area contributed by atoms with Gasteiger partial charge in [0, 0.05) is 35.2 Å². The van der Waals surface area contributed by atoms with Crippen molar-refractivity contribution < 1.29 is 14.9 Å². The normalized spacial score (nSPS) is 41.6. The van der Waals surface area contributed by atoms with Crippen molar-refractivity contribution in [2.45, 2.75) is 75.9 Å². The van der Waals surface area contributed by atoms with Gasteiger partial charge >= 0.3 is 0 Å². The fraction of sp³-hybridized carbons (Fsp3) is 0.531. The number of hydrogen-bond donors (Lipinski definition) is 2. The minimum absolute atomic E-state index is 0.114. The molecule has 2 N–H and O–H groups in total. The Morgan fingerprint density at radius 3 is 2.65 bits per heavy atom. The average molecular weight is 499 g/mol. The number of fused-ring (bicyclic) bond motifs is 2. The second kappa shape index (κ2) is 7.41. The molecule has 2 aliphatic heterocycles. The van der Waals surface area contributed by atoms with Gasteiger partial charge in [-0.2, -0.15) is 0 Å². The molecule has 37 heavy (non-hydrogen) atoms. The van der Waals surface area contributed by atoms with Crippen molar-refractivity contribution >= 4 is 16.3 Å². The van der Waals surface area contributed by atoms with E-state index < -0.39 is 17.8 Å². The molecule has 2 aromatic rings. The van der Waals surface area contributed by atoms with Crippen molar-refractivity contribution in [2.75, 3.05) is 14.1 Å². The fourth-order valence-corrected chi connectivity index (χ4v) is 8.77. The standard InChI is InChI=1S/C32H38N2O3/c1-29(2)16-22-15-24-27(35)28(36)25(34(4)5)17-31(24)11-12-32(22,37-31)26-9-8-23(30(26,29)3)20-7-6-19-10-13-33-18-21(19)14-20/h6-8,10,13-16,18,25-28,35-36H,9,11-12,17H2,1-5H3. The highest BCUT2D eigenvalue weighted by atomic mass is 16.5. The lowest BCUT2D eigenvalue weighted by Crippen LogP contribution is -2.63. The molecular formula is C32H38N2O3. The summed E-state index contributed by atoms with van der Waals surface area (Å²) in [5.41, 5.74) is 3.64. The highest BCUT2D eigenvalue weighted by Gasteiger charge is 2.70. The van der Waals surface area contributed by atoms with Crippen LogP contribution in [0.2, 0.25) is 0 Å². The molecule has 1 saturated carbocycles. The van der Waals surface area contributed by atoms with Crippen LogP contribution in [0.1, 0.15) is 52.0 Å². The van der Waals surface area contributed by atoms with Crippen molar-refractivity contribution in [1.82, 2.24) is 9.88 Å². The van der Waals surface area contributed by atoms with Crippen molar-refractivity contribution in [3.63, 3.8) is 0 Å². The average Bonchev–Trinajstić information content (AvgIpc) is 3.40. The molecule has 1 saturated heterocycles. The van der Waals surface area contributed by atoms with Gasteiger partial charge in [0.05, 0.1) is 17.3 Å². The summed E-state index contributed by atoms with van der Waals surface area (Å²) in [6.07, 6.45) is 12.7. The van der Waals surface area contributed by atoms with Gasteiger partial charge in [0.25, 0.3) is 0 Å². The summed E-state index contributed by atoms with van der Waals surface area (Å²) in [5, 5.41) is 24.6. The molecule has 2 bridgehead atoms. The molecule has 7 rings (SSSR count). The lowest BCUT2D eigenvalue weighted by Gasteiger charge is -2.60. The van der Waals surface area contributed by atoms with Crippen LogP contribution in [0, 0.1) is 16.7 Å². The van der Waals surface area contributed by atoms with Crippen molar-refractivity contribution in [3.8, 4) is 0 Å². The predicted molar refractivity (Wildman–Crippen MR) is 146 cm³/mol. The quantitative estimate of drug-likeness (QED) is 0.617. The Balaban J connectivity index is 1.36. The Bertz CT molecular complexity index is 1410. The number of ether oxygens (including phenoxy) is 1. The summed E-state index contributed by atoms with van der Waals surface area (Å²) >= 11 is 0. The van der Waals surface area contributed by atoms with E-state index in [-0.39, 0.29) is 22.5 Å². The van der Waals surface area contributed by atoms with Crippen LogP contribution in [0.3, 0.4) is 0 Å². The zero-order chi connectivity index (χ0) is 26.0. The molecule has 194 valence electrons. The third-order valence-corrected chi connectivity index (χ3v) is 11.0. The van der Waals surface area contributed by atoms with Crippen molar-refractivity contribution in [1.29, 1.82) is 0 Å². The predicted octanol–water partition coefficient (Wildman–Crippen LogP) is 4.89. The van der Waals surface area contributed by atoms with Crippen LogP contribution in [0.15, 0.2) is 66.0 Å². The molecule has 3 aliphatic carbocycles. The first-order chi connectivity index (χ1) is 17.5. The molecule has 1 aromatic carbocycles. The highest BCUT2D eigenvalue weighted by molar-refractivity contribution is 5.87. The molecule has 7 atom stereocenters. The summed E-state index contributed by atoms with van der Waals surface area (Å²) < 4.78 is 7.33. The first-order valence-electron chi connectivity index (χ1n) is 13.8. The third kappa shape index (κ3) is 2.86. The van der Waals surface area contributed by atoms with Gasteiger partial charge in [0.2, 0.25) is 0 Å². The number of aliphatic hydroxyl groups excluding tert-OH is 2. The summed E-state index contributed by atoms with van der Waals surface area (Å²) in [6.45, 7) is 7.15. The smallest absolute Gasteiger partial charge is 0.105 e. The second-order valence-electron chi connectivity index (χ2n) is 13.1. The van der Waals surface area contributed by atoms with E-state index in [9.17, 15) is 10.2 Å². The van der Waals surface area contributed by atoms with Crippen LogP contribution < -0.4 is 0 Å². The molecular weight excluding hydrogens is 460 g/mol. The number of hydrogen-bond acceptors (Lipinski definition) is 5. The Hall–Kier alpha value is -2.31. The minimum Gasteiger partial charge on any atom is -0.388 e. The lowest BCUT2D eigenvalue weighted by atomic mass is 9.49. The number of aliphatic hydroxyl groups is 2. The molecule has 5 aliphatic rings. The van der Waals surface area contributed by atoms with Crippen LogP contribution in [0.5, 0.6) is 0 Å². The topological polar surface area (TPSA) is 65.8 Å². The second-order valence-corrected chi connectivity index (χ2v) is 13.1. The molecule has 1 aromatic heterocycles. The SMILES string of the molecule is CN(C)C1CC23CCC4(O2)C(=CC(C)(C)C2(C)C(c5ccc6ccncc6c5)=CCC42)C=C3C(O)C1O. The summed E-state index contributed by atoms with van der Waals surface area (Å²) in [5.74, 6) is 0.300. The minimum atomic E-state index is -0.905. The number of allylic oxidation sites excluding steroid dienone is 3. The van der Waals surface area contributed by atoms with E-state index in [0.29, 0.717) is 12.3 Å². The van der Waals surface area contributed by atoms with E-state index in [0.717, 1.165) is 24.8 Å². The summed E-state index contributed by atoms with van der Waals surface area (Å²) in [4.78, 5) is 6.40. The monoisotopic (exact) mass is 498 g/mol. The zero-order valence-corrected chi connectivity index (χ0v) is 22.5. The van der Waals surface area contributed by atoms with E-state index in [1.807, 2.05) is 31.4 Å². The van der Waals surface area contributed by atoms with Crippen molar-refractivity contribution in [2.24, 2.45) is 16.7 Å². The number of nitrogens with zero attached hydrogens (tertiary/aromatic N) is 2. The Labute approximate surface area is 219 Å². The van der Waals surface area contributed by atoms with E-state index in [1.165, 1.54) is 27.5 Å². The highest BCUT2D eigenvalue weighted by Crippen LogP contribution is 2.71. The van der Waals surface area contributed by atoms with Crippen LogP contribution in [-0.4, -0.2) is 63.6 Å². The van der Waals surface area contributed by atoms with Gasteiger partial charge in [0.1, 0.15) is 6.10 Å². The maximum absolute atomic E-state index is 11.3. The van der Waals surface area contributed by atoms with Crippen LogP contribution in [0.4, 0.5) is 0 Å². The molecule has 2 fully saturated rings. The summed E-state index contributed by atoms with van der Waals surface area (Å²) in [6, 6.07) is 8.71. The largest absolute Gasteiger partial charge is 0.388 e. The fourth-order valence-electron chi connectivity index (χ4n) is 8.77. The maximum Gasteiger partial charge on any atom is 0.105 e. The van der Waals surface area contributed by atoms with Gasteiger partial charge in [-0.15, -0.1) is 0 Å². The van der Waals surface area contributed by atoms with Crippen molar-refractivity contribution in [3.05, 3.63) is 71.6 Å². The zero-order valence-electron chi connectivity index (χ0n) is 22.5. The molecule has 0 radical (unpaired) electrons. The van der Waals surface area contributed by atoms with Crippen LogP contribution in [0.25, 0.3) is 16.3 Å². The molecule has 7 unspecified atom stereocenters. The number of likely N-dealkylation sites (N-methyl/N-ethyl adjacent to an activating group) is 1. The molecule has 2 spiro atoms. The number of aromatic nitrogens is 1. The van der Waals surface area contributed by atoms with Gasteiger partial charge < -0.3 is 19.8 Å². The lowest BCUT2D eigenvalue weighted by molar-refractivity contribution is -0.170. The summed E-state index contributed by atoms with van der Waals surface area (Å²) in [7, 11) is 3.97. The van der Waals surface area contributed by atoms with Gasteiger partial charge in [-0.1, -0.05) is 51.1 Å². The molecule has 0 amide bonds. The maximum atomic E-state index is 11.3. The first kappa shape index (κ1) is 23.8. The van der Waals surface area contributed by atoms with E-state index in [1.54, 1.807) is 0 Å². The molecule has 5 heteroatoms. The number of benzene rings is 1. The van der Waals surface area contributed by atoms with Gasteiger partial charge in [-0.25, -0.2) is 0 Å². The Kier molecular flexibility index (Phi) is 4.76. The first-order valence-corrected chi connectivity index (χ1v) is 13.8.